The zero-order chi connectivity index (χ0) is 21.7. The summed E-state index contributed by atoms with van der Waals surface area (Å²) in [6, 6.07) is 16.6. The van der Waals surface area contributed by atoms with Gasteiger partial charge in [0.1, 0.15) is 17.6 Å². The summed E-state index contributed by atoms with van der Waals surface area (Å²) < 4.78 is 19.2. The molecule has 0 saturated heterocycles. The van der Waals surface area contributed by atoms with Crippen molar-refractivity contribution in [2.75, 3.05) is 0 Å². The Bertz CT molecular complexity index is 1080. The van der Waals surface area contributed by atoms with E-state index in [-0.39, 0.29) is 11.9 Å². The number of nitrogens with zero attached hydrogens (tertiary/aromatic N) is 1. The number of halogens is 1. The zero-order valence-corrected chi connectivity index (χ0v) is 18.0. The van der Waals surface area contributed by atoms with Crippen LogP contribution in [0.2, 0.25) is 0 Å². The molecule has 0 radical (unpaired) electrons. The highest BCUT2D eigenvalue weighted by Gasteiger charge is 2.23. The van der Waals surface area contributed by atoms with Gasteiger partial charge in [-0.15, -0.1) is 0 Å². The second-order valence-corrected chi connectivity index (χ2v) is 8.22. The van der Waals surface area contributed by atoms with E-state index in [1.165, 1.54) is 17.8 Å². The van der Waals surface area contributed by atoms with Crippen LogP contribution in [-0.4, -0.2) is 17.1 Å². The van der Waals surface area contributed by atoms with Crippen LogP contribution < -0.4 is 0 Å². The van der Waals surface area contributed by atoms with Crippen LogP contribution in [0.5, 0.6) is 0 Å². The van der Waals surface area contributed by atoms with Gasteiger partial charge in [0.25, 0.3) is 0 Å². The van der Waals surface area contributed by atoms with Crippen molar-refractivity contribution in [3.05, 3.63) is 82.4 Å². The number of benzene rings is 2. The number of nitrogens with one attached hydrogen (secondary N) is 1. The van der Waals surface area contributed by atoms with Crippen LogP contribution in [0.15, 0.2) is 58.3 Å². The SMILES string of the molecule is CCc1[nH]c(C(=O)OC(C)C)c(Cc2ccc(Sc3ccccc3F)cc2)c1C#N. The van der Waals surface area contributed by atoms with Gasteiger partial charge in [-0.3, -0.25) is 0 Å². The van der Waals surface area contributed by atoms with Gasteiger partial charge in [0.05, 0.1) is 11.7 Å². The van der Waals surface area contributed by atoms with E-state index >= 15 is 0 Å². The monoisotopic (exact) mass is 422 g/mol. The molecule has 1 aromatic heterocycles. The van der Waals surface area contributed by atoms with Crippen LogP contribution in [0.4, 0.5) is 4.39 Å². The van der Waals surface area contributed by atoms with Crippen LogP contribution in [0.3, 0.4) is 0 Å². The number of H-pyrrole nitrogens is 1. The maximum Gasteiger partial charge on any atom is 0.355 e. The molecule has 0 unspecified atom stereocenters. The molecule has 0 aliphatic rings. The minimum atomic E-state index is -0.456. The van der Waals surface area contributed by atoms with Gasteiger partial charge < -0.3 is 9.72 Å². The number of hydrogen-bond acceptors (Lipinski definition) is 4. The highest BCUT2D eigenvalue weighted by Crippen LogP contribution is 2.30. The summed E-state index contributed by atoms with van der Waals surface area (Å²) in [7, 11) is 0. The first-order valence-corrected chi connectivity index (χ1v) is 10.6. The van der Waals surface area contributed by atoms with Crippen LogP contribution in [0.1, 0.15) is 53.6 Å². The fourth-order valence-corrected chi connectivity index (χ4v) is 3.99. The largest absolute Gasteiger partial charge is 0.458 e. The summed E-state index contributed by atoms with van der Waals surface area (Å²) >= 11 is 1.35. The number of nitriles is 1. The molecular weight excluding hydrogens is 399 g/mol. The maximum atomic E-state index is 13.9. The van der Waals surface area contributed by atoms with E-state index in [0.29, 0.717) is 34.6 Å². The first-order chi connectivity index (χ1) is 14.4. The van der Waals surface area contributed by atoms with Crippen molar-refractivity contribution in [1.29, 1.82) is 5.26 Å². The number of esters is 1. The van der Waals surface area contributed by atoms with Gasteiger partial charge in [0.2, 0.25) is 0 Å². The Labute approximate surface area is 180 Å². The fourth-order valence-electron chi connectivity index (χ4n) is 3.15. The summed E-state index contributed by atoms with van der Waals surface area (Å²) in [5, 5.41) is 9.66. The first-order valence-electron chi connectivity index (χ1n) is 9.79. The molecule has 0 spiro atoms. The standard InChI is InChI=1S/C24H23FN2O2S/c1-4-21-19(14-26)18(23(27-21)24(28)29-15(2)3)13-16-9-11-17(12-10-16)30-22-8-6-5-7-20(22)25/h5-12,15,27H,4,13H2,1-3H3. The van der Waals surface area contributed by atoms with E-state index in [9.17, 15) is 14.4 Å². The lowest BCUT2D eigenvalue weighted by molar-refractivity contribution is 0.0370. The number of carbonyl (C=O) groups is 1. The van der Waals surface area contributed by atoms with E-state index < -0.39 is 5.97 Å². The van der Waals surface area contributed by atoms with E-state index in [1.807, 2.05) is 31.2 Å². The van der Waals surface area contributed by atoms with E-state index in [0.717, 1.165) is 16.2 Å². The third-order valence-electron chi connectivity index (χ3n) is 4.56. The summed E-state index contributed by atoms with van der Waals surface area (Å²) in [6.45, 7) is 5.51. The Morgan fingerprint density at radius 1 is 1.20 bits per heavy atom. The number of ether oxygens (including phenoxy) is 1. The smallest absolute Gasteiger partial charge is 0.355 e. The van der Waals surface area contributed by atoms with Gasteiger partial charge in [0, 0.05) is 27.5 Å². The lowest BCUT2D eigenvalue weighted by Gasteiger charge is -2.09. The average Bonchev–Trinajstić information content (AvgIpc) is 3.08. The molecule has 0 saturated carbocycles. The van der Waals surface area contributed by atoms with Gasteiger partial charge in [-0.25, -0.2) is 9.18 Å². The Hall–Kier alpha value is -3.04. The molecule has 0 atom stereocenters. The molecule has 1 heterocycles. The Kier molecular flexibility index (Phi) is 6.96. The molecule has 0 fully saturated rings. The highest BCUT2D eigenvalue weighted by molar-refractivity contribution is 7.99. The van der Waals surface area contributed by atoms with Gasteiger partial charge in [-0.2, -0.15) is 5.26 Å². The number of carbonyl (C=O) groups excluding carboxylic acids is 1. The normalized spacial score (nSPS) is 10.8. The predicted octanol–water partition coefficient (Wildman–Crippen LogP) is 5.90. The fraction of sp³-hybridized carbons (Fsp3) is 0.250. The average molecular weight is 423 g/mol. The molecule has 0 aliphatic carbocycles. The van der Waals surface area contributed by atoms with Crippen LogP contribution in [0, 0.1) is 17.1 Å². The highest BCUT2D eigenvalue weighted by atomic mass is 32.2. The number of rotatable bonds is 7. The molecule has 1 N–H and O–H groups in total. The number of aromatic nitrogens is 1. The lowest BCUT2D eigenvalue weighted by atomic mass is 10.00. The van der Waals surface area contributed by atoms with Crippen molar-refractivity contribution in [1.82, 2.24) is 4.98 Å². The van der Waals surface area contributed by atoms with Crippen molar-refractivity contribution in [2.45, 2.75) is 49.5 Å². The Balaban J connectivity index is 1.86. The summed E-state index contributed by atoms with van der Waals surface area (Å²) in [4.78, 5) is 17.1. The lowest BCUT2D eigenvalue weighted by Crippen LogP contribution is -2.14. The molecule has 3 aromatic rings. The Morgan fingerprint density at radius 2 is 1.90 bits per heavy atom. The van der Waals surface area contributed by atoms with Crippen molar-refractivity contribution in [2.24, 2.45) is 0 Å². The van der Waals surface area contributed by atoms with Crippen LogP contribution in [0.25, 0.3) is 0 Å². The number of aromatic amines is 1. The van der Waals surface area contributed by atoms with Crippen molar-refractivity contribution in [3.8, 4) is 6.07 Å². The zero-order valence-electron chi connectivity index (χ0n) is 17.2. The molecule has 6 heteroatoms. The molecule has 0 amide bonds. The molecule has 3 rings (SSSR count). The van der Waals surface area contributed by atoms with Crippen molar-refractivity contribution < 1.29 is 13.9 Å². The number of aryl methyl sites for hydroxylation is 1. The van der Waals surface area contributed by atoms with Gasteiger partial charge in [-0.05, 0) is 50.1 Å². The molecule has 2 aromatic carbocycles. The van der Waals surface area contributed by atoms with Gasteiger partial charge in [0.15, 0.2) is 0 Å². The molecule has 0 aliphatic heterocycles. The molecule has 154 valence electrons. The third kappa shape index (κ3) is 4.92. The predicted molar refractivity (Wildman–Crippen MR) is 115 cm³/mol. The molecule has 4 nitrogen and oxygen atoms in total. The summed E-state index contributed by atoms with van der Waals surface area (Å²) in [6.07, 6.45) is 0.786. The van der Waals surface area contributed by atoms with Crippen molar-refractivity contribution >= 4 is 17.7 Å². The van der Waals surface area contributed by atoms with E-state index in [1.54, 1.807) is 32.0 Å². The maximum absolute atomic E-state index is 13.9. The second-order valence-electron chi connectivity index (χ2n) is 7.10. The minimum Gasteiger partial charge on any atom is -0.458 e. The van der Waals surface area contributed by atoms with Crippen LogP contribution >= 0.6 is 11.8 Å². The quantitative estimate of drug-likeness (QED) is 0.482. The third-order valence-corrected chi connectivity index (χ3v) is 5.62. The molecule has 30 heavy (non-hydrogen) atoms. The second kappa shape index (κ2) is 9.64. The summed E-state index contributed by atoms with van der Waals surface area (Å²) in [5.74, 6) is -0.708. The Morgan fingerprint density at radius 3 is 2.50 bits per heavy atom. The van der Waals surface area contributed by atoms with E-state index in [2.05, 4.69) is 11.1 Å². The number of hydrogen-bond donors (Lipinski definition) is 1. The van der Waals surface area contributed by atoms with Crippen LogP contribution in [-0.2, 0) is 17.6 Å². The van der Waals surface area contributed by atoms with Crippen molar-refractivity contribution in [3.63, 3.8) is 0 Å². The summed E-state index contributed by atoms with van der Waals surface area (Å²) in [5.41, 5.74) is 3.16. The molecule has 0 bridgehead atoms. The van der Waals surface area contributed by atoms with E-state index in [4.69, 9.17) is 4.74 Å². The first kappa shape index (κ1) is 21.7. The van der Waals surface area contributed by atoms with Gasteiger partial charge in [-0.1, -0.05) is 43.0 Å². The minimum absolute atomic E-state index is 0.251. The topological polar surface area (TPSA) is 65.9 Å². The molecular formula is C24H23FN2O2S. The van der Waals surface area contributed by atoms with Gasteiger partial charge >= 0.3 is 5.97 Å².